The molecule has 4 N–H and O–H groups in total. The molecule has 5 aliphatic heterocycles. The number of aliphatic hydroxyl groups excluding tert-OH is 4. The fraction of sp³-hybridized carbons (Fsp3) is 0.538. The summed E-state index contributed by atoms with van der Waals surface area (Å²) in [6.45, 7) is 0.103. The molecule has 204 valence electrons. The van der Waals surface area contributed by atoms with E-state index in [0.29, 0.717) is 29.6 Å². The average Bonchev–Trinajstić information content (AvgIpc) is 3.72. The Bertz CT molecular complexity index is 1130. The van der Waals surface area contributed by atoms with Crippen LogP contribution in [0.15, 0.2) is 36.4 Å². The van der Waals surface area contributed by atoms with Crippen molar-refractivity contribution in [2.75, 3.05) is 26.8 Å². The maximum atomic E-state index is 10.6. The molecule has 2 aromatic rings. The van der Waals surface area contributed by atoms with Gasteiger partial charge in [-0.15, -0.1) is 0 Å². The van der Waals surface area contributed by atoms with Gasteiger partial charge in [-0.3, -0.25) is 0 Å². The first-order valence-corrected chi connectivity index (χ1v) is 12.5. The summed E-state index contributed by atoms with van der Waals surface area (Å²) in [4.78, 5) is 0. The van der Waals surface area contributed by atoms with Crippen molar-refractivity contribution in [3.8, 4) is 23.0 Å². The molecular formula is C26H28O12. The molecule has 0 aliphatic carbocycles. The van der Waals surface area contributed by atoms with Crippen LogP contribution in [0.25, 0.3) is 0 Å². The molecule has 3 saturated heterocycles. The number of hydrogen-bond acceptors (Lipinski definition) is 12. The van der Waals surface area contributed by atoms with Crippen LogP contribution in [0.1, 0.15) is 23.3 Å². The van der Waals surface area contributed by atoms with Gasteiger partial charge in [-0.25, -0.2) is 0 Å². The number of aliphatic hydroxyl groups is 4. The molecule has 2 aromatic carbocycles. The number of rotatable bonds is 5. The van der Waals surface area contributed by atoms with Crippen molar-refractivity contribution in [2.24, 2.45) is 11.8 Å². The maximum Gasteiger partial charge on any atom is 0.231 e. The standard InChI is InChI=1S/C26H28O12/c27-7-18-20(28)21(29)22(30)26(36-18)38-25-19-13(23(37-25)11-1-3-14-16(5-11)34-9-32-14)8-31-24(19)12-2-4-15-17(6-12)35-10-33-15/h1-6,13,18-30H,7-10H2/t13-,18+,19-,20+,21-,22+,23-,24-,25-,26-/m0/s1. The summed E-state index contributed by atoms with van der Waals surface area (Å²) in [7, 11) is 0. The maximum absolute atomic E-state index is 10.6. The lowest BCUT2D eigenvalue weighted by Crippen LogP contribution is -2.60. The van der Waals surface area contributed by atoms with Gasteiger partial charge in [0, 0.05) is 11.8 Å². The number of ether oxygens (including phenoxy) is 8. The largest absolute Gasteiger partial charge is 0.454 e. The van der Waals surface area contributed by atoms with Crippen LogP contribution in [0.3, 0.4) is 0 Å². The first-order valence-electron chi connectivity index (χ1n) is 12.5. The van der Waals surface area contributed by atoms with Gasteiger partial charge in [0.05, 0.1) is 25.4 Å². The third kappa shape index (κ3) is 3.91. The fourth-order valence-electron chi connectivity index (χ4n) is 5.89. The molecule has 0 spiro atoms. The zero-order chi connectivity index (χ0) is 26.0. The van der Waals surface area contributed by atoms with Crippen molar-refractivity contribution < 1.29 is 58.3 Å². The lowest BCUT2D eigenvalue weighted by molar-refractivity contribution is -0.341. The molecule has 0 bridgehead atoms. The molecule has 3 fully saturated rings. The molecule has 38 heavy (non-hydrogen) atoms. The van der Waals surface area contributed by atoms with Crippen LogP contribution in [0, 0.1) is 11.8 Å². The Balaban J connectivity index is 1.20. The van der Waals surface area contributed by atoms with Crippen molar-refractivity contribution in [3.05, 3.63) is 47.5 Å². The van der Waals surface area contributed by atoms with Crippen LogP contribution >= 0.6 is 0 Å². The van der Waals surface area contributed by atoms with Gasteiger partial charge < -0.3 is 58.3 Å². The summed E-state index contributed by atoms with van der Waals surface area (Å²) >= 11 is 0. The first-order chi connectivity index (χ1) is 18.5. The quantitative estimate of drug-likeness (QED) is 0.420. The van der Waals surface area contributed by atoms with E-state index in [4.69, 9.17) is 37.9 Å². The monoisotopic (exact) mass is 532 g/mol. The highest BCUT2D eigenvalue weighted by molar-refractivity contribution is 5.47. The van der Waals surface area contributed by atoms with E-state index in [1.165, 1.54) is 0 Å². The van der Waals surface area contributed by atoms with E-state index >= 15 is 0 Å². The van der Waals surface area contributed by atoms with Gasteiger partial charge >= 0.3 is 0 Å². The Morgan fingerprint density at radius 3 is 2.00 bits per heavy atom. The number of benzene rings is 2. The van der Waals surface area contributed by atoms with Crippen LogP contribution in [-0.4, -0.2) is 84.2 Å². The highest BCUT2D eigenvalue weighted by Gasteiger charge is 2.56. The van der Waals surface area contributed by atoms with Crippen molar-refractivity contribution in [1.82, 2.24) is 0 Å². The molecule has 12 heteroatoms. The zero-order valence-corrected chi connectivity index (χ0v) is 20.1. The van der Waals surface area contributed by atoms with E-state index in [1.807, 2.05) is 36.4 Å². The Kier molecular flexibility index (Phi) is 6.09. The zero-order valence-electron chi connectivity index (χ0n) is 20.1. The van der Waals surface area contributed by atoms with Crippen LogP contribution in [0.4, 0.5) is 0 Å². The van der Waals surface area contributed by atoms with E-state index in [0.717, 1.165) is 11.1 Å². The molecule has 0 saturated carbocycles. The van der Waals surface area contributed by atoms with Gasteiger partial charge in [-0.2, -0.15) is 0 Å². The average molecular weight is 532 g/mol. The summed E-state index contributed by atoms with van der Waals surface area (Å²) in [5.74, 6) is 2.06. The Morgan fingerprint density at radius 1 is 0.711 bits per heavy atom. The summed E-state index contributed by atoms with van der Waals surface area (Å²) in [6.07, 6.45) is -8.90. The topological polar surface area (TPSA) is 155 Å². The predicted molar refractivity (Wildman–Crippen MR) is 123 cm³/mol. The normalized spacial score (nSPS) is 38.9. The predicted octanol–water partition coefficient (Wildman–Crippen LogP) is 0.362. The summed E-state index contributed by atoms with van der Waals surface area (Å²) in [6, 6.07) is 11.2. The van der Waals surface area contributed by atoms with Gasteiger partial charge in [-0.1, -0.05) is 12.1 Å². The van der Waals surface area contributed by atoms with E-state index < -0.39 is 55.8 Å². The summed E-state index contributed by atoms with van der Waals surface area (Å²) in [5, 5.41) is 40.7. The van der Waals surface area contributed by atoms with Crippen molar-refractivity contribution >= 4 is 0 Å². The Labute approximate surface area is 217 Å². The third-order valence-electron chi connectivity index (χ3n) is 7.86. The van der Waals surface area contributed by atoms with Crippen molar-refractivity contribution in [1.29, 1.82) is 0 Å². The molecule has 12 nitrogen and oxygen atoms in total. The van der Waals surface area contributed by atoms with Gasteiger partial charge in [0.1, 0.15) is 24.4 Å². The Morgan fingerprint density at radius 2 is 1.34 bits per heavy atom. The van der Waals surface area contributed by atoms with Gasteiger partial charge in [0.2, 0.25) is 13.6 Å². The second-order valence-corrected chi connectivity index (χ2v) is 9.98. The molecule has 10 atom stereocenters. The minimum absolute atomic E-state index is 0.138. The van der Waals surface area contributed by atoms with E-state index in [1.54, 1.807) is 0 Å². The molecule has 5 aliphatic rings. The van der Waals surface area contributed by atoms with E-state index in [-0.39, 0.29) is 25.4 Å². The SMILES string of the molecule is OC[C@H]1O[C@@H](O[C@@H]2O[C@@H](c3ccc4c(c3)OCO4)[C@H]3CO[C@@H](c4ccc5c(c4)OCO5)[C@@H]23)[C@H](O)[C@@H](O)[C@@H]1O. The van der Waals surface area contributed by atoms with E-state index in [9.17, 15) is 20.4 Å². The highest BCUT2D eigenvalue weighted by Crippen LogP contribution is 2.55. The number of fused-ring (bicyclic) bond motifs is 3. The highest BCUT2D eigenvalue weighted by atomic mass is 16.8. The smallest absolute Gasteiger partial charge is 0.231 e. The minimum atomic E-state index is -1.57. The second kappa shape index (κ2) is 9.50. The third-order valence-corrected chi connectivity index (χ3v) is 7.86. The van der Waals surface area contributed by atoms with Crippen LogP contribution in [-0.2, 0) is 18.9 Å². The molecule has 0 aromatic heterocycles. The van der Waals surface area contributed by atoms with Crippen LogP contribution < -0.4 is 18.9 Å². The lowest BCUT2D eigenvalue weighted by atomic mass is 9.84. The number of hydrogen-bond donors (Lipinski definition) is 4. The van der Waals surface area contributed by atoms with E-state index in [2.05, 4.69) is 0 Å². The fourth-order valence-corrected chi connectivity index (χ4v) is 5.89. The van der Waals surface area contributed by atoms with Crippen LogP contribution in [0.5, 0.6) is 23.0 Å². The lowest BCUT2D eigenvalue weighted by Gasteiger charge is -2.41. The first kappa shape index (κ1) is 24.4. The van der Waals surface area contributed by atoms with Gasteiger partial charge in [0.25, 0.3) is 0 Å². The molecule has 5 heterocycles. The molecule has 7 rings (SSSR count). The molecule has 0 unspecified atom stereocenters. The summed E-state index contributed by atoms with van der Waals surface area (Å²) < 4.78 is 46.5. The van der Waals surface area contributed by atoms with Gasteiger partial charge in [-0.05, 0) is 35.4 Å². The Hall–Kier alpha value is -2.68. The molecule has 0 radical (unpaired) electrons. The summed E-state index contributed by atoms with van der Waals surface area (Å²) in [5.41, 5.74) is 1.69. The molecular weight excluding hydrogens is 504 g/mol. The minimum Gasteiger partial charge on any atom is -0.454 e. The molecule has 0 amide bonds. The van der Waals surface area contributed by atoms with Crippen LogP contribution in [0.2, 0.25) is 0 Å². The van der Waals surface area contributed by atoms with Crippen molar-refractivity contribution in [2.45, 2.75) is 49.2 Å². The van der Waals surface area contributed by atoms with Gasteiger partial charge in [0.15, 0.2) is 35.6 Å². The second-order valence-electron chi connectivity index (χ2n) is 9.98. The van der Waals surface area contributed by atoms with Crippen molar-refractivity contribution in [3.63, 3.8) is 0 Å².